The van der Waals surface area contributed by atoms with Gasteiger partial charge in [-0.3, -0.25) is 9.48 Å². The second-order valence-corrected chi connectivity index (χ2v) is 3.43. The van der Waals surface area contributed by atoms with Crippen LogP contribution in [0.5, 0.6) is 0 Å². The minimum Gasteiger partial charge on any atom is -0.464 e. The quantitative estimate of drug-likeness (QED) is 0.504. The van der Waals surface area contributed by atoms with Gasteiger partial charge in [-0.2, -0.15) is 5.10 Å². The predicted octanol–water partition coefficient (Wildman–Crippen LogP) is -1.07. The second kappa shape index (κ2) is 6.00. The van der Waals surface area contributed by atoms with Gasteiger partial charge in [0.2, 0.25) is 5.91 Å². The third kappa shape index (κ3) is 3.87. The van der Waals surface area contributed by atoms with Crippen molar-refractivity contribution < 1.29 is 14.3 Å². The first-order chi connectivity index (χ1) is 8.04. The van der Waals surface area contributed by atoms with Crippen LogP contribution in [0.25, 0.3) is 0 Å². The van der Waals surface area contributed by atoms with Gasteiger partial charge in [-0.05, 0) is 13.0 Å². The van der Waals surface area contributed by atoms with Crippen molar-refractivity contribution in [1.82, 2.24) is 15.1 Å². The summed E-state index contributed by atoms with van der Waals surface area (Å²) in [6.45, 7) is 2.07. The number of aromatic nitrogens is 2. The Labute approximate surface area is 98.9 Å². The van der Waals surface area contributed by atoms with Crippen LogP contribution >= 0.6 is 0 Å². The molecule has 1 aromatic rings. The number of esters is 1. The third-order valence-electron chi connectivity index (χ3n) is 2.04. The fraction of sp³-hybridized carbons (Fsp3) is 0.500. The molecule has 7 heteroatoms. The first-order valence-corrected chi connectivity index (χ1v) is 5.23. The maximum Gasteiger partial charge on any atom is 0.332 e. The fourth-order valence-corrected chi connectivity index (χ4v) is 1.18. The first kappa shape index (κ1) is 13.2. The molecule has 0 spiro atoms. The number of nitrogens with zero attached hydrogens (tertiary/aromatic N) is 2. The predicted molar refractivity (Wildman–Crippen MR) is 59.7 cm³/mol. The van der Waals surface area contributed by atoms with Crippen molar-refractivity contribution >= 4 is 11.9 Å². The molecular weight excluding hydrogens is 224 g/mol. The van der Waals surface area contributed by atoms with E-state index in [0.717, 1.165) is 0 Å². The summed E-state index contributed by atoms with van der Waals surface area (Å²) in [4.78, 5) is 22.6. The molecule has 1 atom stereocenters. The summed E-state index contributed by atoms with van der Waals surface area (Å²) in [5.41, 5.74) is 6.10. The zero-order chi connectivity index (χ0) is 12.8. The molecule has 0 aliphatic heterocycles. The number of nitrogens with one attached hydrogen (secondary N) is 1. The highest BCUT2D eigenvalue weighted by molar-refractivity contribution is 6.01. The number of carbonyl (C=O) groups excluding carboxylic acids is 2. The van der Waals surface area contributed by atoms with E-state index in [9.17, 15) is 9.59 Å². The van der Waals surface area contributed by atoms with Gasteiger partial charge >= 0.3 is 5.97 Å². The smallest absolute Gasteiger partial charge is 0.332 e. The molecule has 17 heavy (non-hydrogen) atoms. The summed E-state index contributed by atoms with van der Waals surface area (Å²) in [5, 5.41) is 6.58. The van der Waals surface area contributed by atoms with Crippen LogP contribution in [0.4, 0.5) is 0 Å². The SMILES string of the molecule is CCOC(=O)C(N)C(=O)NCc1ccn(C)n1. The average Bonchev–Trinajstić information content (AvgIpc) is 2.71. The molecule has 0 aliphatic rings. The lowest BCUT2D eigenvalue weighted by molar-refractivity contribution is -0.148. The van der Waals surface area contributed by atoms with E-state index in [0.29, 0.717) is 5.69 Å². The topological polar surface area (TPSA) is 99.2 Å². The maximum absolute atomic E-state index is 11.5. The number of carbonyl (C=O) groups is 2. The molecule has 0 aromatic carbocycles. The Bertz CT molecular complexity index is 402. The standard InChI is InChI=1S/C10H16N4O3/c1-3-17-10(16)8(11)9(15)12-6-7-4-5-14(2)13-7/h4-5,8H,3,6,11H2,1-2H3,(H,12,15). The Morgan fingerprint density at radius 1 is 1.65 bits per heavy atom. The van der Waals surface area contributed by atoms with Crippen LogP contribution in [0.3, 0.4) is 0 Å². The Balaban J connectivity index is 2.41. The summed E-state index contributed by atoms with van der Waals surface area (Å²) >= 11 is 0. The lowest BCUT2D eigenvalue weighted by Gasteiger charge is -2.10. The number of nitrogens with two attached hydrogens (primary N) is 1. The highest BCUT2D eigenvalue weighted by Gasteiger charge is 2.22. The molecule has 1 unspecified atom stereocenters. The van der Waals surface area contributed by atoms with Crippen molar-refractivity contribution in [1.29, 1.82) is 0 Å². The van der Waals surface area contributed by atoms with Crippen LogP contribution in [0.1, 0.15) is 12.6 Å². The van der Waals surface area contributed by atoms with E-state index in [1.807, 2.05) is 0 Å². The zero-order valence-corrected chi connectivity index (χ0v) is 9.84. The second-order valence-electron chi connectivity index (χ2n) is 3.43. The summed E-state index contributed by atoms with van der Waals surface area (Å²) in [6, 6.07) is 0.467. The number of hydrogen-bond donors (Lipinski definition) is 2. The molecule has 1 aromatic heterocycles. The maximum atomic E-state index is 11.5. The van der Waals surface area contributed by atoms with Gasteiger partial charge in [0.1, 0.15) is 0 Å². The molecule has 1 heterocycles. The van der Waals surface area contributed by atoms with Crippen LogP contribution < -0.4 is 11.1 Å². The molecule has 0 fully saturated rings. The molecule has 0 bridgehead atoms. The fourth-order valence-electron chi connectivity index (χ4n) is 1.18. The van der Waals surface area contributed by atoms with Crippen molar-refractivity contribution in [2.24, 2.45) is 12.8 Å². The Hall–Kier alpha value is -1.89. The van der Waals surface area contributed by atoms with E-state index in [-0.39, 0.29) is 13.2 Å². The van der Waals surface area contributed by atoms with Crippen LogP contribution in [0, 0.1) is 0 Å². The van der Waals surface area contributed by atoms with Crippen LogP contribution in [-0.4, -0.2) is 34.3 Å². The Morgan fingerprint density at radius 3 is 2.88 bits per heavy atom. The molecule has 1 amide bonds. The molecule has 0 aliphatic carbocycles. The van der Waals surface area contributed by atoms with Gasteiger partial charge in [0.15, 0.2) is 6.04 Å². The van der Waals surface area contributed by atoms with Gasteiger partial charge < -0.3 is 15.8 Å². The summed E-state index contributed by atoms with van der Waals surface area (Å²) < 4.78 is 6.25. The number of ether oxygens (including phenoxy) is 1. The van der Waals surface area contributed by atoms with Gasteiger partial charge in [0.25, 0.3) is 0 Å². The van der Waals surface area contributed by atoms with Crippen molar-refractivity contribution in [3.8, 4) is 0 Å². The van der Waals surface area contributed by atoms with Crippen LogP contribution in [-0.2, 0) is 27.9 Å². The molecule has 3 N–H and O–H groups in total. The Kier molecular flexibility index (Phi) is 4.65. The third-order valence-corrected chi connectivity index (χ3v) is 2.04. The van der Waals surface area contributed by atoms with E-state index in [1.54, 1.807) is 30.9 Å². The highest BCUT2D eigenvalue weighted by atomic mass is 16.5. The van der Waals surface area contributed by atoms with E-state index in [2.05, 4.69) is 15.2 Å². The minimum atomic E-state index is -1.29. The van der Waals surface area contributed by atoms with Crippen molar-refractivity contribution in [2.45, 2.75) is 19.5 Å². The lowest BCUT2D eigenvalue weighted by atomic mass is 10.3. The first-order valence-electron chi connectivity index (χ1n) is 5.23. The van der Waals surface area contributed by atoms with Crippen LogP contribution in [0.2, 0.25) is 0 Å². The lowest BCUT2D eigenvalue weighted by Crippen LogP contribution is -2.46. The van der Waals surface area contributed by atoms with Gasteiger partial charge in [0, 0.05) is 13.2 Å². The van der Waals surface area contributed by atoms with Crippen molar-refractivity contribution in [3.05, 3.63) is 18.0 Å². The monoisotopic (exact) mass is 240 g/mol. The number of amides is 1. The number of rotatable bonds is 5. The summed E-state index contributed by atoms with van der Waals surface area (Å²) in [5.74, 6) is -1.31. The van der Waals surface area contributed by atoms with Crippen molar-refractivity contribution in [3.63, 3.8) is 0 Å². The van der Waals surface area contributed by atoms with Crippen molar-refractivity contribution in [2.75, 3.05) is 6.61 Å². The normalized spacial score (nSPS) is 11.9. The molecule has 94 valence electrons. The van der Waals surface area contributed by atoms with E-state index in [1.165, 1.54) is 0 Å². The number of hydrogen-bond acceptors (Lipinski definition) is 5. The highest BCUT2D eigenvalue weighted by Crippen LogP contribution is 1.94. The Morgan fingerprint density at radius 2 is 2.35 bits per heavy atom. The average molecular weight is 240 g/mol. The van der Waals surface area contributed by atoms with Crippen LogP contribution in [0.15, 0.2) is 12.3 Å². The van der Waals surface area contributed by atoms with Gasteiger partial charge in [-0.15, -0.1) is 0 Å². The molecule has 7 nitrogen and oxygen atoms in total. The minimum absolute atomic E-state index is 0.194. The summed E-state index contributed by atoms with van der Waals surface area (Å²) in [6.07, 6.45) is 1.76. The van der Waals surface area contributed by atoms with Gasteiger partial charge in [-0.25, -0.2) is 4.79 Å². The molecule has 1 rings (SSSR count). The van der Waals surface area contributed by atoms with E-state index in [4.69, 9.17) is 5.73 Å². The molecule has 0 saturated heterocycles. The molecule has 0 saturated carbocycles. The van der Waals surface area contributed by atoms with E-state index < -0.39 is 17.9 Å². The largest absolute Gasteiger partial charge is 0.464 e. The molecular formula is C10H16N4O3. The van der Waals surface area contributed by atoms with Gasteiger partial charge in [-0.1, -0.05) is 0 Å². The number of aryl methyl sites for hydroxylation is 1. The summed E-state index contributed by atoms with van der Waals surface area (Å²) in [7, 11) is 1.77. The van der Waals surface area contributed by atoms with Gasteiger partial charge in [0.05, 0.1) is 18.8 Å². The van der Waals surface area contributed by atoms with E-state index >= 15 is 0 Å². The molecule has 0 radical (unpaired) electrons. The zero-order valence-electron chi connectivity index (χ0n) is 9.84.